The number of carboxylic acids is 1. The summed E-state index contributed by atoms with van der Waals surface area (Å²) in [6.07, 6.45) is 9.74. The van der Waals surface area contributed by atoms with Crippen LogP contribution in [0.4, 0.5) is 0 Å². The van der Waals surface area contributed by atoms with Crippen molar-refractivity contribution in [2.24, 2.45) is 23.5 Å². The highest BCUT2D eigenvalue weighted by Gasteiger charge is 2.25. The van der Waals surface area contributed by atoms with Gasteiger partial charge in [-0.2, -0.15) is 0 Å². The Morgan fingerprint density at radius 1 is 1.38 bits per heavy atom. The van der Waals surface area contributed by atoms with Crippen LogP contribution in [0.25, 0.3) is 0 Å². The number of carboxylic acid groups (broad SMARTS) is 1. The summed E-state index contributed by atoms with van der Waals surface area (Å²) in [5, 5.41) is 8.31. The molecule has 0 amide bonds. The molecule has 16 heavy (non-hydrogen) atoms. The largest absolute Gasteiger partial charge is 0.480 e. The van der Waals surface area contributed by atoms with E-state index >= 15 is 0 Å². The Balaban J connectivity index is 0.000000163. The van der Waals surface area contributed by atoms with Crippen molar-refractivity contribution in [2.45, 2.75) is 45.6 Å². The van der Waals surface area contributed by atoms with Gasteiger partial charge in [-0.15, -0.1) is 0 Å². The Kier molecular flexibility index (Phi) is 5.00. The molecule has 2 rings (SSSR count). The summed E-state index contributed by atoms with van der Waals surface area (Å²) in [5.74, 6) is 1.43. The normalized spacial score (nSPS) is 27.8. The van der Waals surface area contributed by atoms with E-state index in [-0.39, 0.29) is 0 Å². The third-order valence-electron chi connectivity index (χ3n) is 3.21. The molecule has 3 heteroatoms. The maximum absolute atomic E-state index is 10.1. The van der Waals surface area contributed by atoms with Crippen LogP contribution in [0.3, 0.4) is 0 Å². The molecule has 0 heterocycles. The van der Waals surface area contributed by atoms with Gasteiger partial charge in [0.25, 0.3) is 0 Å². The van der Waals surface area contributed by atoms with Gasteiger partial charge in [-0.25, -0.2) is 0 Å². The molecule has 3 atom stereocenters. The van der Waals surface area contributed by atoms with Crippen molar-refractivity contribution in [1.29, 1.82) is 0 Å². The predicted octanol–water partition coefficient (Wildman–Crippen LogP) is 2.42. The summed E-state index contributed by atoms with van der Waals surface area (Å²) in [6, 6.07) is -0.690. The molecule has 3 nitrogen and oxygen atoms in total. The summed E-state index contributed by atoms with van der Waals surface area (Å²) in [5.41, 5.74) is 5.22. The van der Waals surface area contributed by atoms with E-state index in [1.54, 1.807) is 0 Å². The van der Waals surface area contributed by atoms with Crippen molar-refractivity contribution in [2.75, 3.05) is 0 Å². The molecule has 3 unspecified atom stereocenters. The lowest BCUT2D eigenvalue weighted by molar-refractivity contribution is -0.138. The number of rotatable bonds is 3. The summed E-state index contributed by atoms with van der Waals surface area (Å²) >= 11 is 0. The lowest BCUT2D eigenvalue weighted by atomic mass is 10.1. The van der Waals surface area contributed by atoms with Crippen LogP contribution in [0.15, 0.2) is 12.2 Å². The fourth-order valence-electron chi connectivity index (χ4n) is 2.33. The van der Waals surface area contributed by atoms with E-state index < -0.39 is 12.0 Å². The molecule has 1 fully saturated rings. The molecular weight excluding hydrogens is 202 g/mol. The predicted molar refractivity (Wildman–Crippen MR) is 65.0 cm³/mol. The van der Waals surface area contributed by atoms with Crippen LogP contribution in [-0.2, 0) is 4.79 Å². The van der Waals surface area contributed by atoms with Gasteiger partial charge in [0, 0.05) is 0 Å². The lowest BCUT2D eigenvalue weighted by Crippen LogP contribution is -2.31. The Labute approximate surface area is 97.7 Å². The number of fused-ring (bicyclic) bond motifs is 2. The van der Waals surface area contributed by atoms with E-state index in [0.29, 0.717) is 12.3 Å². The van der Waals surface area contributed by atoms with Gasteiger partial charge in [-0.3, -0.25) is 4.79 Å². The van der Waals surface area contributed by atoms with E-state index in [0.717, 1.165) is 11.8 Å². The first-order valence-electron chi connectivity index (χ1n) is 6.15. The number of aliphatic carboxylic acids is 1. The van der Waals surface area contributed by atoms with Crippen LogP contribution in [0.2, 0.25) is 0 Å². The van der Waals surface area contributed by atoms with E-state index in [2.05, 4.69) is 12.2 Å². The summed E-state index contributed by atoms with van der Waals surface area (Å²) in [6.45, 7) is 3.89. The number of hydrogen-bond donors (Lipinski definition) is 2. The second-order valence-electron chi connectivity index (χ2n) is 5.29. The molecule has 0 radical (unpaired) electrons. The smallest absolute Gasteiger partial charge is 0.320 e. The second kappa shape index (κ2) is 6.04. The minimum absolute atomic E-state index is 0.357. The quantitative estimate of drug-likeness (QED) is 0.725. The standard InChI is InChI=1S/C7H10.C6H13NO2/c1-2-7-4-3-6(1)5-7;1-4(2)3-5(7)6(8)9/h1-2,6-7H,3-5H2;4-5H,3,7H2,1-2H3,(H,8,9). The van der Waals surface area contributed by atoms with Crippen molar-refractivity contribution in [3.8, 4) is 0 Å². The summed E-state index contributed by atoms with van der Waals surface area (Å²) in [4.78, 5) is 10.1. The van der Waals surface area contributed by atoms with Crippen molar-refractivity contribution < 1.29 is 9.90 Å². The van der Waals surface area contributed by atoms with Crippen LogP contribution < -0.4 is 5.73 Å². The first kappa shape index (κ1) is 13.2. The lowest BCUT2D eigenvalue weighted by Gasteiger charge is -2.07. The summed E-state index contributed by atoms with van der Waals surface area (Å²) in [7, 11) is 0. The van der Waals surface area contributed by atoms with E-state index in [4.69, 9.17) is 10.8 Å². The monoisotopic (exact) mass is 225 g/mol. The average molecular weight is 225 g/mol. The summed E-state index contributed by atoms with van der Waals surface area (Å²) < 4.78 is 0. The van der Waals surface area contributed by atoms with E-state index in [9.17, 15) is 4.79 Å². The van der Waals surface area contributed by atoms with Crippen molar-refractivity contribution >= 4 is 5.97 Å². The highest BCUT2D eigenvalue weighted by atomic mass is 16.4. The third kappa shape index (κ3) is 4.35. The van der Waals surface area contributed by atoms with Crippen LogP contribution in [0.5, 0.6) is 0 Å². The molecule has 2 aliphatic carbocycles. The average Bonchev–Trinajstić information content (AvgIpc) is 2.80. The number of carbonyl (C=O) groups is 1. The zero-order valence-corrected chi connectivity index (χ0v) is 10.2. The number of allylic oxidation sites excluding steroid dienone is 2. The number of hydrogen-bond acceptors (Lipinski definition) is 2. The van der Waals surface area contributed by atoms with Crippen molar-refractivity contribution in [3.63, 3.8) is 0 Å². The Morgan fingerprint density at radius 2 is 1.88 bits per heavy atom. The van der Waals surface area contributed by atoms with Crippen LogP contribution in [0, 0.1) is 17.8 Å². The molecule has 0 aromatic heterocycles. The second-order valence-corrected chi connectivity index (χ2v) is 5.29. The molecule has 2 aliphatic rings. The van der Waals surface area contributed by atoms with E-state index in [1.165, 1.54) is 19.3 Å². The molecule has 0 spiro atoms. The maximum Gasteiger partial charge on any atom is 0.320 e. The molecule has 2 bridgehead atoms. The topological polar surface area (TPSA) is 63.3 Å². The van der Waals surface area contributed by atoms with Gasteiger partial charge in [-0.1, -0.05) is 26.0 Å². The third-order valence-corrected chi connectivity index (χ3v) is 3.21. The Bertz CT molecular complexity index is 249. The molecular formula is C13H23NO2. The number of nitrogens with two attached hydrogens (primary N) is 1. The fourth-order valence-corrected chi connectivity index (χ4v) is 2.33. The van der Waals surface area contributed by atoms with Crippen LogP contribution in [-0.4, -0.2) is 17.1 Å². The minimum atomic E-state index is -0.913. The van der Waals surface area contributed by atoms with Gasteiger partial charge in [0.1, 0.15) is 6.04 Å². The molecule has 92 valence electrons. The van der Waals surface area contributed by atoms with Gasteiger partial charge in [0.15, 0.2) is 0 Å². The van der Waals surface area contributed by atoms with Gasteiger partial charge in [0.05, 0.1) is 0 Å². The van der Waals surface area contributed by atoms with Crippen LogP contribution >= 0.6 is 0 Å². The van der Waals surface area contributed by atoms with Crippen LogP contribution in [0.1, 0.15) is 39.5 Å². The highest BCUT2D eigenvalue weighted by Crippen LogP contribution is 2.38. The molecule has 0 aliphatic heterocycles. The molecule has 0 aromatic rings. The molecule has 0 saturated heterocycles. The molecule has 0 aromatic carbocycles. The highest BCUT2D eigenvalue weighted by molar-refractivity contribution is 5.72. The van der Waals surface area contributed by atoms with Crippen molar-refractivity contribution in [1.82, 2.24) is 0 Å². The van der Waals surface area contributed by atoms with Gasteiger partial charge < -0.3 is 10.8 Å². The van der Waals surface area contributed by atoms with E-state index in [1.807, 2.05) is 13.8 Å². The van der Waals surface area contributed by atoms with Crippen molar-refractivity contribution in [3.05, 3.63) is 12.2 Å². The van der Waals surface area contributed by atoms with Gasteiger partial charge >= 0.3 is 5.97 Å². The first-order chi connectivity index (χ1) is 7.49. The fraction of sp³-hybridized carbons (Fsp3) is 0.769. The zero-order valence-electron chi connectivity index (χ0n) is 10.2. The van der Waals surface area contributed by atoms with Gasteiger partial charge in [-0.05, 0) is 43.4 Å². The van der Waals surface area contributed by atoms with Gasteiger partial charge in [0.2, 0.25) is 0 Å². The SMILES string of the molecule is C1=CC2CCC1C2.CC(C)CC(N)C(=O)O. The minimum Gasteiger partial charge on any atom is -0.480 e. The zero-order chi connectivity index (χ0) is 12.1. The Morgan fingerprint density at radius 3 is 2.00 bits per heavy atom. The first-order valence-corrected chi connectivity index (χ1v) is 6.15. The molecule has 1 saturated carbocycles. The Hall–Kier alpha value is -0.830. The maximum atomic E-state index is 10.1. The molecule has 3 N–H and O–H groups in total.